The fourth-order valence-electron chi connectivity index (χ4n) is 2.48. The Morgan fingerprint density at radius 3 is 1.67 bits per heavy atom. The average molecular weight is 345 g/mol. The first kappa shape index (κ1) is 18.5. The van der Waals surface area contributed by atoms with Crippen LogP contribution in [-0.2, 0) is 15.4 Å². The average Bonchev–Trinajstić information content (AvgIpc) is 2.46. The molecule has 2 aromatic rings. The Balaban J connectivity index is 2.38. The Labute approximate surface area is 146 Å². The molecule has 24 heavy (non-hydrogen) atoms. The van der Waals surface area contributed by atoms with E-state index in [2.05, 4.69) is 41.5 Å². The van der Waals surface area contributed by atoms with Gasteiger partial charge >= 0.3 is 8.25 Å². The van der Waals surface area contributed by atoms with E-state index in [1.54, 1.807) is 12.1 Å². The number of benzene rings is 2. The van der Waals surface area contributed by atoms with Gasteiger partial charge < -0.3 is 9.05 Å². The molecule has 0 N–H and O–H groups in total. The Kier molecular flexibility index (Phi) is 5.35. The number of para-hydroxylation sites is 2. The molecule has 0 amide bonds. The van der Waals surface area contributed by atoms with Crippen molar-refractivity contribution in [2.45, 2.75) is 52.4 Å². The smallest absolute Gasteiger partial charge is 0.389 e. The SMILES string of the molecule is CC(C)(C)c1cccc(C(C)(C)C)c1O[P](=O)Oc1ccccc1. The minimum Gasteiger partial charge on any atom is -0.389 e. The minimum absolute atomic E-state index is 0.125. The van der Waals surface area contributed by atoms with Crippen LogP contribution in [0.15, 0.2) is 48.5 Å². The topological polar surface area (TPSA) is 35.5 Å². The van der Waals surface area contributed by atoms with Crippen LogP contribution in [0.5, 0.6) is 11.5 Å². The second-order valence-electron chi connectivity index (χ2n) is 7.90. The molecule has 0 aliphatic carbocycles. The highest BCUT2D eigenvalue weighted by molar-refractivity contribution is 7.34. The zero-order valence-electron chi connectivity index (χ0n) is 15.3. The van der Waals surface area contributed by atoms with E-state index in [9.17, 15) is 4.57 Å². The molecule has 1 unspecified atom stereocenters. The summed E-state index contributed by atoms with van der Waals surface area (Å²) in [6.45, 7) is 12.7. The second kappa shape index (κ2) is 6.94. The van der Waals surface area contributed by atoms with Crippen molar-refractivity contribution in [2.75, 3.05) is 0 Å². The lowest BCUT2D eigenvalue weighted by Crippen LogP contribution is -2.18. The molecular weight excluding hydrogens is 319 g/mol. The van der Waals surface area contributed by atoms with Gasteiger partial charge in [0.1, 0.15) is 11.5 Å². The highest BCUT2D eigenvalue weighted by Crippen LogP contribution is 2.43. The number of hydrogen-bond donors (Lipinski definition) is 0. The first-order valence-electron chi connectivity index (χ1n) is 8.11. The van der Waals surface area contributed by atoms with Crippen LogP contribution in [0.3, 0.4) is 0 Å². The van der Waals surface area contributed by atoms with Crippen LogP contribution in [0.4, 0.5) is 0 Å². The van der Waals surface area contributed by atoms with Gasteiger partial charge in [-0.3, -0.25) is 0 Å². The fourth-order valence-corrected chi connectivity index (χ4v) is 3.15. The van der Waals surface area contributed by atoms with Crippen molar-refractivity contribution in [1.82, 2.24) is 0 Å². The molecule has 2 rings (SSSR count). The molecule has 0 heterocycles. The Morgan fingerprint density at radius 2 is 1.21 bits per heavy atom. The molecule has 0 saturated heterocycles. The molecule has 4 heteroatoms. The predicted octanol–water partition coefficient (Wildman–Crippen LogP) is 6.40. The fraction of sp³-hybridized carbons (Fsp3) is 0.400. The normalized spacial score (nSPS) is 12.7. The van der Waals surface area contributed by atoms with Gasteiger partial charge in [-0.1, -0.05) is 77.9 Å². The standard InChI is InChI=1S/C20H26O3P/c1-19(2,3)16-13-10-14-17(20(4,5)6)18(16)23-24(21)22-15-11-8-7-9-12-15/h7-14H,1-6H3. The monoisotopic (exact) mass is 345 g/mol. The van der Waals surface area contributed by atoms with Gasteiger partial charge in [-0.15, -0.1) is 0 Å². The maximum Gasteiger partial charge on any atom is 0.492 e. The van der Waals surface area contributed by atoms with Crippen LogP contribution in [0, 0.1) is 0 Å². The van der Waals surface area contributed by atoms with Crippen molar-refractivity contribution in [3.05, 3.63) is 59.7 Å². The third-order valence-corrected chi connectivity index (χ3v) is 4.41. The molecule has 2 aromatic carbocycles. The summed E-state index contributed by atoms with van der Waals surface area (Å²) >= 11 is 0. The third kappa shape index (κ3) is 4.58. The number of rotatable bonds is 4. The maximum atomic E-state index is 12.4. The molecule has 1 atom stereocenters. The first-order chi connectivity index (χ1) is 11.1. The second-order valence-corrected chi connectivity index (χ2v) is 8.71. The van der Waals surface area contributed by atoms with E-state index in [4.69, 9.17) is 9.05 Å². The molecule has 0 saturated carbocycles. The lowest BCUT2D eigenvalue weighted by molar-refractivity contribution is 0.401. The molecule has 3 nitrogen and oxygen atoms in total. The highest BCUT2D eigenvalue weighted by atomic mass is 31.1. The summed E-state index contributed by atoms with van der Waals surface area (Å²) in [6.07, 6.45) is 0. The lowest BCUT2D eigenvalue weighted by Gasteiger charge is -2.28. The molecule has 0 fully saturated rings. The van der Waals surface area contributed by atoms with Gasteiger partial charge in [0.2, 0.25) is 0 Å². The molecule has 0 aromatic heterocycles. The van der Waals surface area contributed by atoms with Crippen molar-refractivity contribution >= 4 is 8.25 Å². The summed E-state index contributed by atoms with van der Waals surface area (Å²) in [6, 6.07) is 15.2. The van der Waals surface area contributed by atoms with Gasteiger partial charge in [0.25, 0.3) is 0 Å². The molecule has 0 aliphatic heterocycles. The van der Waals surface area contributed by atoms with Gasteiger partial charge in [0.15, 0.2) is 0 Å². The van der Waals surface area contributed by atoms with Gasteiger partial charge in [-0.25, -0.2) is 0 Å². The van der Waals surface area contributed by atoms with Gasteiger partial charge in [0.05, 0.1) is 0 Å². The van der Waals surface area contributed by atoms with Crippen molar-refractivity contribution < 1.29 is 13.6 Å². The van der Waals surface area contributed by atoms with E-state index < -0.39 is 8.25 Å². The van der Waals surface area contributed by atoms with Crippen LogP contribution >= 0.6 is 8.25 Å². The quantitative estimate of drug-likeness (QED) is 0.602. The third-order valence-electron chi connectivity index (χ3n) is 3.72. The largest absolute Gasteiger partial charge is 0.492 e. The van der Waals surface area contributed by atoms with Crippen molar-refractivity contribution in [3.63, 3.8) is 0 Å². The van der Waals surface area contributed by atoms with Crippen LogP contribution < -0.4 is 9.05 Å². The molecule has 0 aliphatic rings. The van der Waals surface area contributed by atoms with Crippen LogP contribution in [-0.4, -0.2) is 0 Å². The van der Waals surface area contributed by atoms with Gasteiger partial charge in [-0.05, 0) is 23.0 Å². The van der Waals surface area contributed by atoms with E-state index in [0.29, 0.717) is 11.5 Å². The Morgan fingerprint density at radius 1 is 0.708 bits per heavy atom. The molecule has 0 spiro atoms. The first-order valence-corrected chi connectivity index (χ1v) is 9.21. The van der Waals surface area contributed by atoms with Crippen LogP contribution in [0.2, 0.25) is 0 Å². The molecule has 1 radical (unpaired) electrons. The summed E-state index contributed by atoms with van der Waals surface area (Å²) in [4.78, 5) is 0. The summed E-state index contributed by atoms with van der Waals surface area (Å²) in [5.41, 5.74) is 1.80. The van der Waals surface area contributed by atoms with Crippen LogP contribution in [0.1, 0.15) is 52.7 Å². The van der Waals surface area contributed by atoms with Gasteiger partial charge in [-0.2, -0.15) is 4.57 Å². The van der Waals surface area contributed by atoms with Gasteiger partial charge in [0, 0.05) is 11.1 Å². The Hall–Kier alpha value is -1.86. The summed E-state index contributed by atoms with van der Waals surface area (Å²) in [5, 5.41) is 0. The van der Waals surface area contributed by atoms with Crippen molar-refractivity contribution in [2.24, 2.45) is 0 Å². The Bertz CT molecular complexity index is 678. The summed E-state index contributed by atoms with van der Waals surface area (Å²) in [5.74, 6) is 1.19. The van der Waals surface area contributed by atoms with E-state index in [1.165, 1.54) is 0 Å². The van der Waals surface area contributed by atoms with E-state index in [0.717, 1.165) is 11.1 Å². The maximum absolute atomic E-state index is 12.4. The van der Waals surface area contributed by atoms with E-state index in [-0.39, 0.29) is 10.8 Å². The molecule has 129 valence electrons. The zero-order valence-corrected chi connectivity index (χ0v) is 16.2. The molecule has 0 bridgehead atoms. The zero-order chi connectivity index (χ0) is 18.0. The molecular formula is C20H26O3P. The van der Waals surface area contributed by atoms with E-state index >= 15 is 0 Å². The lowest BCUT2D eigenvalue weighted by atomic mass is 9.80. The highest BCUT2D eigenvalue weighted by Gasteiger charge is 2.28. The van der Waals surface area contributed by atoms with E-state index in [1.807, 2.05) is 36.4 Å². The van der Waals surface area contributed by atoms with Crippen molar-refractivity contribution in [1.29, 1.82) is 0 Å². The predicted molar refractivity (Wildman–Crippen MR) is 99.1 cm³/mol. The minimum atomic E-state index is -2.31. The summed E-state index contributed by atoms with van der Waals surface area (Å²) in [7, 11) is -2.31. The van der Waals surface area contributed by atoms with Crippen LogP contribution in [0.25, 0.3) is 0 Å². The summed E-state index contributed by atoms with van der Waals surface area (Å²) < 4.78 is 23.7. The van der Waals surface area contributed by atoms with Crippen molar-refractivity contribution in [3.8, 4) is 11.5 Å². The number of hydrogen-bond acceptors (Lipinski definition) is 3.